The number of benzene rings is 1. The standard InChI is InChI=1S/C15H24N2O2/c1-3-19-12-14-8-5-4-7-13(14)11-17-15(18)9-6-10-16-2/h4-5,7-8,16H,3,6,9-12H2,1-2H3,(H,17,18). The van der Waals surface area contributed by atoms with Gasteiger partial charge in [-0.2, -0.15) is 0 Å². The summed E-state index contributed by atoms with van der Waals surface area (Å²) < 4.78 is 5.43. The van der Waals surface area contributed by atoms with Crippen LogP contribution in [-0.2, 0) is 22.7 Å². The second-order valence-electron chi connectivity index (χ2n) is 4.39. The van der Waals surface area contributed by atoms with Crippen molar-refractivity contribution >= 4 is 5.91 Å². The van der Waals surface area contributed by atoms with E-state index in [1.54, 1.807) is 0 Å². The Labute approximate surface area is 115 Å². The molecule has 0 fully saturated rings. The molecule has 0 saturated heterocycles. The molecule has 0 aliphatic heterocycles. The predicted octanol–water partition coefficient (Wildman–Crippen LogP) is 1.84. The van der Waals surface area contributed by atoms with Gasteiger partial charge in [0.15, 0.2) is 0 Å². The first-order valence-electron chi connectivity index (χ1n) is 6.83. The second-order valence-corrected chi connectivity index (χ2v) is 4.39. The zero-order valence-corrected chi connectivity index (χ0v) is 11.9. The van der Waals surface area contributed by atoms with E-state index in [-0.39, 0.29) is 5.91 Å². The number of amides is 1. The van der Waals surface area contributed by atoms with Gasteiger partial charge in [-0.15, -0.1) is 0 Å². The third kappa shape index (κ3) is 6.36. The molecule has 19 heavy (non-hydrogen) atoms. The van der Waals surface area contributed by atoms with E-state index in [2.05, 4.69) is 10.6 Å². The van der Waals surface area contributed by atoms with Gasteiger partial charge in [-0.05, 0) is 38.1 Å². The highest BCUT2D eigenvalue weighted by atomic mass is 16.5. The second kappa shape index (κ2) is 9.53. The third-order valence-corrected chi connectivity index (χ3v) is 2.89. The van der Waals surface area contributed by atoms with Gasteiger partial charge in [-0.1, -0.05) is 24.3 Å². The molecule has 0 spiro atoms. The van der Waals surface area contributed by atoms with Crippen molar-refractivity contribution in [1.29, 1.82) is 0 Å². The molecule has 4 nitrogen and oxygen atoms in total. The maximum absolute atomic E-state index is 11.6. The minimum atomic E-state index is 0.0986. The largest absolute Gasteiger partial charge is 0.377 e. The molecule has 0 aromatic heterocycles. The van der Waals surface area contributed by atoms with Crippen LogP contribution in [0, 0.1) is 0 Å². The maximum atomic E-state index is 11.6. The predicted molar refractivity (Wildman–Crippen MR) is 76.8 cm³/mol. The number of rotatable bonds is 9. The average molecular weight is 264 g/mol. The molecule has 1 aromatic carbocycles. The Bertz CT molecular complexity index is 380. The van der Waals surface area contributed by atoms with Gasteiger partial charge in [-0.3, -0.25) is 4.79 Å². The van der Waals surface area contributed by atoms with E-state index in [1.165, 1.54) is 0 Å². The fourth-order valence-electron chi connectivity index (χ4n) is 1.79. The molecule has 0 aliphatic rings. The summed E-state index contributed by atoms with van der Waals surface area (Å²) in [5.41, 5.74) is 2.26. The first-order chi connectivity index (χ1) is 9.27. The van der Waals surface area contributed by atoms with E-state index in [4.69, 9.17) is 4.74 Å². The van der Waals surface area contributed by atoms with Gasteiger partial charge in [0.05, 0.1) is 6.61 Å². The number of carbonyl (C=O) groups excluding carboxylic acids is 1. The molecule has 0 unspecified atom stereocenters. The minimum Gasteiger partial charge on any atom is -0.377 e. The van der Waals surface area contributed by atoms with E-state index < -0.39 is 0 Å². The van der Waals surface area contributed by atoms with Crippen LogP contribution in [0.15, 0.2) is 24.3 Å². The number of nitrogens with one attached hydrogen (secondary N) is 2. The molecule has 2 N–H and O–H groups in total. The SMILES string of the molecule is CCOCc1ccccc1CNC(=O)CCCNC. The van der Waals surface area contributed by atoms with E-state index in [1.807, 2.05) is 38.2 Å². The van der Waals surface area contributed by atoms with Gasteiger partial charge < -0.3 is 15.4 Å². The summed E-state index contributed by atoms with van der Waals surface area (Å²) in [6.45, 7) is 4.72. The van der Waals surface area contributed by atoms with E-state index >= 15 is 0 Å². The van der Waals surface area contributed by atoms with Crippen molar-refractivity contribution < 1.29 is 9.53 Å². The van der Waals surface area contributed by atoms with Crippen molar-refractivity contribution in [1.82, 2.24) is 10.6 Å². The molecule has 0 atom stereocenters. The van der Waals surface area contributed by atoms with Crippen LogP contribution in [0.2, 0.25) is 0 Å². The van der Waals surface area contributed by atoms with E-state index in [0.717, 1.165) is 24.1 Å². The highest BCUT2D eigenvalue weighted by Crippen LogP contribution is 2.10. The van der Waals surface area contributed by atoms with Gasteiger partial charge in [0, 0.05) is 19.6 Å². The van der Waals surface area contributed by atoms with Gasteiger partial charge in [-0.25, -0.2) is 0 Å². The zero-order valence-electron chi connectivity index (χ0n) is 11.9. The Hall–Kier alpha value is -1.39. The molecule has 0 aliphatic carbocycles. The summed E-state index contributed by atoms with van der Waals surface area (Å²) in [6.07, 6.45) is 1.43. The van der Waals surface area contributed by atoms with Crippen LogP contribution in [0.5, 0.6) is 0 Å². The first kappa shape index (κ1) is 15.7. The normalized spacial score (nSPS) is 10.4. The summed E-state index contributed by atoms with van der Waals surface area (Å²) >= 11 is 0. The van der Waals surface area contributed by atoms with Gasteiger partial charge in [0.1, 0.15) is 0 Å². The monoisotopic (exact) mass is 264 g/mol. The molecule has 4 heteroatoms. The van der Waals surface area contributed by atoms with Crippen LogP contribution < -0.4 is 10.6 Å². The molecule has 106 valence electrons. The molecule has 0 bridgehead atoms. The molecule has 1 amide bonds. The lowest BCUT2D eigenvalue weighted by molar-refractivity contribution is -0.121. The van der Waals surface area contributed by atoms with Crippen molar-refractivity contribution in [2.24, 2.45) is 0 Å². The van der Waals surface area contributed by atoms with Crippen LogP contribution in [0.4, 0.5) is 0 Å². The Balaban J connectivity index is 2.41. The van der Waals surface area contributed by atoms with Crippen LogP contribution in [0.1, 0.15) is 30.9 Å². The van der Waals surface area contributed by atoms with Crippen LogP contribution in [0.25, 0.3) is 0 Å². The summed E-state index contributed by atoms with van der Waals surface area (Å²) in [6, 6.07) is 8.05. The van der Waals surface area contributed by atoms with Crippen molar-refractivity contribution in [3.05, 3.63) is 35.4 Å². The third-order valence-electron chi connectivity index (χ3n) is 2.89. The highest BCUT2D eigenvalue weighted by Gasteiger charge is 2.04. The van der Waals surface area contributed by atoms with Crippen molar-refractivity contribution in [3.8, 4) is 0 Å². The quantitative estimate of drug-likeness (QED) is 0.669. The summed E-state index contributed by atoms with van der Waals surface area (Å²) in [5.74, 6) is 0.0986. The Morgan fingerprint density at radius 3 is 2.68 bits per heavy atom. The Morgan fingerprint density at radius 2 is 2.00 bits per heavy atom. The van der Waals surface area contributed by atoms with E-state index in [0.29, 0.717) is 26.2 Å². The molecular formula is C15H24N2O2. The van der Waals surface area contributed by atoms with Crippen molar-refractivity contribution in [3.63, 3.8) is 0 Å². The van der Waals surface area contributed by atoms with Gasteiger partial charge >= 0.3 is 0 Å². The lowest BCUT2D eigenvalue weighted by Gasteiger charge is -2.10. The highest BCUT2D eigenvalue weighted by molar-refractivity contribution is 5.75. The van der Waals surface area contributed by atoms with Crippen LogP contribution >= 0.6 is 0 Å². The maximum Gasteiger partial charge on any atom is 0.220 e. The fourth-order valence-corrected chi connectivity index (χ4v) is 1.79. The molecule has 1 rings (SSSR count). The molecule has 0 heterocycles. The van der Waals surface area contributed by atoms with Crippen LogP contribution in [-0.4, -0.2) is 26.1 Å². The molecule has 1 aromatic rings. The molecule has 0 radical (unpaired) electrons. The average Bonchev–Trinajstić information content (AvgIpc) is 2.44. The number of carbonyl (C=O) groups is 1. The number of hydrogen-bond acceptors (Lipinski definition) is 3. The molecular weight excluding hydrogens is 240 g/mol. The minimum absolute atomic E-state index is 0.0986. The Kier molecular flexibility index (Phi) is 7.86. The summed E-state index contributed by atoms with van der Waals surface area (Å²) in [7, 11) is 1.89. The van der Waals surface area contributed by atoms with Crippen molar-refractivity contribution in [2.45, 2.75) is 32.9 Å². The first-order valence-corrected chi connectivity index (χ1v) is 6.83. The lowest BCUT2D eigenvalue weighted by atomic mass is 10.1. The van der Waals surface area contributed by atoms with E-state index in [9.17, 15) is 4.79 Å². The number of hydrogen-bond donors (Lipinski definition) is 2. The summed E-state index contributed by atoms with van der Waals surface area (Å²) in [4.78, 5) is 11.6. The van der Waals surface area contributed by atoms with Gasteiger partial charge in [0.2, 0.25) is 5.91 Å². The fraction of sp³-hybridized carbons (Fsp3) is 0.533. The van der Waals surface area contributed by atoms with Crippen LogP contribution in [0.3, 0.4) is 0 Å². The topological polar surface area (TPSA) is 50.4 Å². The lowest BCUT2D eigenvalue weighted by Crippen LogP contribution is -2.24. The zero-order chi connectivity index (χ0) is 13.9. The van der Waals surface area contributed by atoms with Gasteiger partial charge in [0.25, 0.3) is 0 Å². The molecule has 0 saturated carbocycles. The summed E-state index contributed by atoms with van der Waals surface area (Å²) in [5, 5.41) is 5.99. The smallest absolute Gasteiger partial charge is 0.220 e. The Morgan fingerprint density at radius 1 is 1.26 bits per heavy atom. The number of ether oxygens (including phenoxy) is 1. The van der Waals surface area contributed by atoms with Crippen molar-refractivity contribution in [2.75, 3.05) is 20.2 Å².